The van der Waals surface area contributed by atoms with Crippen molar-refractivity contribution in [2.75, 3.05) is 20.3 Å². The van der Waals surface area contributed by atoms with Gasteiger partial charge in [0.1, 0.15) is 6.61 Å². The van der Waals surface area contributed by atoms with Crippen LogP contribution in [0.2, 0.25) is 0 Å². The Balaban J connectivity index is 1.98. The zero-order chi connectivity index (χ0) is 12.3. The van der Waals surface area contributed by atoms with Crippen LogP contribution in [0.1, 0.15) is 29.6 Å². The van der Waals surface area contributed by atoms with E-state index in [0.717, 1.165) is 6.42 Å². The van der Waals surface area contributed by atoms with Gasteiger partial charge in [-0.2, -0.15) is 0 Å². The molecule has 6 heteroatoms. The summed E-state index contributed by atoms with van der Waals surface area (Å²) in [6.45, 7) is 3.46. The summed E-state index contributed by atoms with van der Waals surface area (Å²) in [5.74, 6) is 0.287. The summed E-state index contributed by atoms with van der Waals surface area (Å²) in [5, 5.41) is 6.60. The number of ether oxygens (including phenoxy) is 2. The van der Waals surface area contributed by atoms with E-state index >= 15 is 0 Å². The predicted octanol–water partition coefficient (Wildman–Crippen LogP) is 0.730. The number of aromatic nitrogens is 1. The largest absolute Gasteiger partial charge is 0.379 e. The number of nitrogens with one attached hydrogen (secondary N) is 1. The first kappa shape index (κ1) is 12.1. The van der Waals surface area contributed by atoms with Gasteiger partial charge in [0, 0.05) is 19.8 Å². The molecule has 0 aromatic carbocycles. The van der Waals surface area contributed by atoms with Crippen molar-refractivity contribution in [2.24, 2.45) is 0 Å². The topological polar surface area (TPSA) is 73.6 Å². The number of carbonyl (C=O) groups is 1. The van der Waals surface area contributed by atoms with Crippen LogP contribution in [-0.4, -0.2) is 36.9 Å². The summed E-state index contributed by atoms with van der Waals surface area (Å²) in [6.07, 6.45) is 0.807. The van der Waals surface area contributed by atoms with E-state index in [0.29, 0.717) is 25.6 Å². The van der Waals surface area contributed by atoms with Gasteiger partial charge in [-0.05, 0) is 13.3 Å². The van der Waals surface area contributed by atoms with Crippen molar-refractivity contribution in [3.05, 3.63) is 17.5 Å². The molecule has 94 valence electrons. The molecule has 2 rings (SSSR count). The van der Waals surface area contributed by atoms with E-state index in [2.05, 4.69) is 10.5 Å². The maximum atomic E-state index is 11.9. The van der Waals surface area contributed by atoms with Crippen LogP contribution in [-0.2, 0) is 16.1 Å². The summed E-state index contributed by atoms with van der Waals surface area (Å²) in [4.78, 5) is 11.9. The molecule has 1 amide bonds. The lowest BCUT2D eigenvalue weighted by Gasteiger charge is -2.22. The van der Waals surface area contributed by atoms with Crippen LogP contribution in [0.5, 0.6) is 0 Å². The third-order valence-electron chi connectivity index (χ3n) is 2.71. The maximum absolute atomic E-state index is 11.9. The standard InChI is InChI=1S/C11H16N2O4/c1-11(3-4-16-7-11)12-10(14)9-5-8(6-15-2)17-13-9/h5H,3-4,6-7H2,1-2H3,(H,12,14). The lowest BCUT2D eigenvalue weighted by Crippen LogP contribution is -2.46. The molecule has 0 aliphatic carbocycles. The highest BCUT2D eigenvalue weighted by molar-refractivity contribution is 5.92. The Morgan fingerprint density at radius 1 is 1.71 bits per heavy atom. The molecular weight excluding hydrogens is 224 g/mol. The fraction of sp³-hybridized carbons (Fsp3) is 0.636. The summed E-state index contributed by atoms with van der Waals surface area (Å²) in [6, 6.07) is 1.58. The Morgan fingerprint density at radius 2 is 2.53 bits per heavy atom. The number of nitrogens with zero attached hydrogens (tertiary/aromatic N) is 1. The van der Waals surface area contributed by atoms with Crippen molar-refractivity contribution in [1.29, 1.82) is 0 Å². The Morgan fingerprint density at radius 3 is 3.18 bits per heavy atom. The second-order valence-corrected chi connectivity index (χ2v) is 4.43. The van der Waals surface area contributed by atoms with Gasteiger partial charge >= 0.3 is 0 Å². The van der Waals surface area contributed by atoms with Crippen molar-refractivity contribution in [2.45, 2.75) is 25.5 Å². The van der Waals surface area contributed by atoms with Gasteiger partial charge in [-0.3, -0.25) is 4.79 Å². The summed E-state index contributed by atoms with van der Waals surface area (Å²) in [7, 11) is 1.55. The van der Waals surface area contributed by atoms with E-state index in [4.69, 9.17) is 14.0 Å². The van der Waals surface area contributed by atoms with Crippen LogP contribution in [0.15, 0.2) is 10.6 Å². The van der Waals surface area contributed by atoms with Crippen molar-refractivity contribution in [1.82, 2.24) is 10.5 Å². The first-order chi connectivity index (χ1) is 8.13. The molecule has 1 atom stereocenters. The molecule has 0 saturated carbocycles. The van der Waals surface area contributed by atoms with Gasteiger partial charge in [0.05, 0.1) is 12.1 Å². The minimum Gasteiger partial charge on any atom is -0.379 e. The molecular formula is C11H16N2O4. The molecule has 0 spiro atoms. The van der Waals surface area contributed by atoms with Gasteiger partial charge in [-0.25, -0.2) is 0 Å². The molecule has 17 heavy (non-hydrogen) atoms. The third-order valence-corrected chi connectivity index (χ3v) is 2.71. The molecule has 1 aliphatic heterocycles. The fourth-order valence-corrected chi connectivity index (χ4v) is 1.73. The molecule has 1 aromatic heterocycles. The Hall–Kier alpha value is -1.40. The zero-order valence-electron chi connectivity index (χ0n) is 9.99. The molecule has 0 bridgehead atoms. The minimum absolute atomic E-state index is 0.246. The van der Waals surface area contributed by atoms with E-state index in [1.165, 1.54) is 0 Å². The second-order valence-electron chi connectivity index (χ2n) is 4.43. The molecule has 6 nitrogen and oxygen atoms in total. The number of hydrogen-bond donors (Lipinski definition) is 1. The van der Waals surface area contributed by atoms with Crippen LogP contribution >= 0.6 is 0 Å². The first-order valence-electron chi connectivity index (χ1n) is 5.48. The number of hydrogen-bond acceptors (Lipinski definition) is 5. The Labute approximate surface area is 99.2 Å². The summed E-state index contributed by atoms with van der Waals surface area (Å²) >= 11 is 0. The van der Waals surface area contributed by atoms with Crippen LogP contribution < -0.4 is 5.32 Å². The van der Waals surface area contributed by atoms with Gasteiger partial charge in [0.2, 0.25) is 0 Å². The minimum atomic E-state index is -0.308. The van der Waals surface area contributed by atoms with Gasteiger partial charge < -0.3 is 19.3 Å². The van der Waals surface area contributed by atoms with Gasteiger partial charge in [-0.15, -0.1) is 0 Å². The van der Waals surface area contributed by atoms with Gasteiger partial charge in [0.15, 0.2) is 11.5 Å². The molecule has 1 fully saturated rings. The number of carbonyl (C=O) groups excluding carboxylic acids is 1. The van der Waals surface area contributed by atoms with Crippen molar-refractivity contribution in [3.8, 4) is 0 Å². The smallest absolute Gasteiger partial charge is 0.273 e. The average Bonchev–Trinajstić information content (AvgIpc) is 2.88. The van der Waals surface area contributed by atoms with E-state index in [9.17, 15) is 4.79 Å². The monoisotopic (exact) mass is 240 g/mol. The fourth-order valence-electron chi connectivity index (χ4n) is 1.73. The molecule has 2 heterocycles. The van der Waals surface area contributed by atoms with E-state index in [1.807, 2.05) is 6.92 Å². The lowest BCUT2D eigenvalue weighted by atomic mass is 10.0. The highest BCUT2D eigenvalue weighted by Gasteiger charge is 2.32. The first-order valence-corrected chi connectivity index (χ1v) is 5.48. The average molecular weight is 240 g/mol. The molecule has 1 N–H and O–H groups in total. The second kappa shape index (κ2) is 4.85. The molecule has 1 unspecified atom stereocenters. The quantitative estimate of drug-likeness (QED) is 0.839. The predicted molar refractivity (Wildman–Crippen MR) is 58.5 cm³/mol. The van der Waals surface area contributed by atoms with Crippen molar-refractivity contribution < 1.29 is 18.8 Å². The number of methoxy groups -OCH3 is 1. The Bertz CT molecular complexity index is 396. The molecule has 1 aromatic rings. The zero-order valence-corrected chi connectivity index (χ0v) is 9.99. The van der Waals surface area contributed by atoms with Crippen LogP contribution in [0.4, 0.5) is 0 Å². The van der Waals surface area contributed by atoms with Crippen LogP contribution in [0.25, 0.3) is 0 Å². The number of amides is 1. The summed E-state index contributed by atoms with van der Waals surface area (Å²) < 4.78 is 15.1. The molecule has 0 radical (unpaired) electrons. The normalized spacial score (nSPS) is 23.9. The maximum Gasteiger partial charge on any atom is 0.273 e. The van der Waals surface area contributed by atoms with Crippen molar-refractivity contribution >= 4 is 5.91 Å². The van der Waals surface area contributed by atoms with Crippen LogP contribution in [0.3, 0.4) is 0 Å². The van der Waals surface area contributed by atoms with E-state index in [1.54, 1.807) is 13.2 Å². The van der Waals surface area contributed by atoms with E-state index < -0.39 is 0 Å². The van der Waals surface area contributed by atoms with Crippen LogP contribution in [0, 0.1) is 0 Å². The third kappa shape index (κ3) is 2.83. The van der Waals surface area contributed by atoms with Gasteiger partial charge in [0.25, 0.3) is 5.91 Å². The van der Waals surface area contributed by atoms with Crippen molar-refractivity contribution in [3.63, 3.8) is 0 Å². The summed E-state index contributed by atoms with van der Waals surface area (Å²) in [5.41, 5.74) is -0.0394. The molecule has 1 aliphatic rings. The lowest BCUT2D eigenvalue weighted by molar-refractivity contribution is 0.0880. The number of rotatable bonds is 4. The SMILES string of the molecule is COCc1cc(C(=O)NC2(C)CCOC2)no1. The van der Waals surface area contributed by atoms with E-state index in [-0.39, 0.29) is 17.1 Å². The highest BCUT2D eigenvalue weighted by Crippen LogP contribution is 2.18. The molecule has 1 saturated heterocycles. The van der Waals surface area contributed by atoms with Gasteiger partial charge in [-0.1, -0.05) is 5.16 Å². The Kier molecular flexibility index (Phi) is 3.44. The highest BCUT2D eigenvalue weighted by atomic mass is 16.5.